The van der Waals surface area contributed by atoms with E-state index in [9.17, 15) is 0 Å². The lowest BCUT2D eigenvalue weighted by molar-refractivity contribution is 0.716. The maximum atomic E-state index is 4.54. The zero-order valence-corrected chi connectivity index (χ0v) is 11.7. The number of hydrogen-bond donors (Lipinski definition) is 1. The first kappa shape index (κ1) is 12.3. The maximum Gasteiger partial charge on any atom is 0.0959 e. The summed E-state index contributed by atoms with van der Waals surface area (Å²) in [6, 6.07) is 0. The van der Waals surface area contributed by atoms with E-state index >= 15 is 0 Å². The lowest BCUT2D eigenvalue weighted by Crippen LogP contribution is -2.13. The molecule has 1 fully saturated rings. The van der Waals surface area contributed by atoms with E-state index in [0.717, 1.165) is 23.5 Å². The highest BCUT2D eigenvalue weighted by molar-refractivity contribution is 9.11. The van der Waals surface area contributed by atoms with Crippen molar-refractivity contribution in [2.24, 2.45) is 0 Å². The van der Waals surface area contributed by atoms with Crippen molar-refractivity contribution in [3.8, 4) is 0 Å². The van der Waals surface area contributed by atoms with Crippen LogP contribution in [0.1, 0.15) is 41.5 Å². The van der Waals surface area contributed by atoms with Gasteiger partial charge in [0, 0.05) is 34.6 Å². The second kappa shape index (κ2) is 5.94. The third-order valence-corrected chi connectivity index (χ3v) is 4.33. The summed E-state index contributed by atoms with van der Waals surface area (Å²) in [6.45, 7) is 5.51. The van der Waals surface area contributed by atoms with Gasteiger partial charge in [-0.3, -0.25) is 0 Å². The smallest absolute Gasteiger partial charge is 0.0959 e. The van der Waals surface area contributed by atoms with Gasteiger partial charge in [-0.2, -0.15) is 0 Å². The highest BCUT2D eigenvalue weighted by Gasteiger charge is 2.19. The molecule has 0 atom stereocenters. The predicted octanol–water partition coefficient (Wildman–Crippen LogP) is 3.80. The van der Waals surface area contributed by atoms with Crippen LogP contribution in [0.15, 0.2) is 17.3 Å². The van der Waals surface area contributed by atoms with Crippen LogP contribution < -0.4 is 5.32 Å². The van der Waals surface area contributed by atoms with E-state index in [2.05, 4.69) is 32.8 Å². The Labute approximate surface area is 109 Å². The first-order valence-electron chi connectivity index (χ1n) is 5.74. The molecule has 1 saturated carbocycles. The Balaban J connectivity index is 1.84. The van der Waals surface area contributed by atoms with Crippen molar-refractivity contribution < 1.29 is 0 Å². The molecule has 1 aliphatic carbocycles. The van der Waals surface area contributed by atoms with Gasteiger partial charge >= 0.3 is 0 Å². The Bertz CT molecular complexity index is 356. The van der Waals surface area contributed by atoms with Crippen LogP contribution in [-0.4, -0.2) is 11.5 Å². The largest absolute Gasteiger partial charge is 0.307 e. The molecule has 1 heterocycles. The van der Waals surface area contributed by atoms with Crippen molar-refractivity contribution in [3.05, 3.63) is 27.1 Å². The molecule has 0 aromatic carbocycles. The number of nitrogens with zero attached hydrogens (tertiary/aromatic N) is 1. The first-order valence-corrected chi connectivity index (χ1v) is 7.35. The van der Waals surface area contributed by atoms with Crippen LogP contribution in [0.4, 0.5) is 0 Å². The number of nitrogens with one attached hydrogen (secondary N) is 1. The van der Waals surface area contributed by atoms with E-state index in [1.165, 1.54) is 35.6 Å². The van der Waals surface area contributed by atoms with Gasteiger partial charge in [-0.1, -0.05) is 35.4 Å². The fraction of sp³-hybridized carbons (Fsp3) is 0.583. The molecule has 2 nitrogen and oxygen atoms in total. The fourth-order valence-corrected chi connectivity index (χ4v) is 3.34. The van der Waals surface area contributed by atoms with E-state index < -0.39 is 0 Å². The van der Waals surface area contributed by atoms with Gasteiger partial charge in [0.05, 0.1) is 5.01 Å². The van der Waals surface area contributed by atoms with Gasteiger partial charge in [0.2, 0.25) is 0 Å². The van der Waals surface area contributed by atoms with Gasteiger partial charge in [-0.25, -0.2) is 4.98 Å². The third kappa shape index (κ3) is 3.40. The van der Waals surface area contributed by atoms with E-state index in [1.807, 2.05) is 17.5 Å². The molecule has 0 amide bonds. The van der Waals surface area contributed by atoms with Crippen LogP contribution >= 0.6 is 27.3 Å². The van der Waals surface area contributed by atoms with E-state index in [0.29, 0.717) is 0 Å². The van der Waals surface area contributed by atoms with Gasteiger partial charge in [0.1, 0.15) is 0 Å². The molecule has 1 aromatic heterocycles. The number of thiazole rings is 1. The van der Waals surface area contributed by atoms with Crippen molar-refractivity contribution in [1.82, 2.24) is 10.3 Å². The molecule has 1 aromatic rings. The highest BCUT2D eigenvalue weighted by atomic mass is 79.9. The zero-order valence-electron chi connectivity index (χ0n) is 9.34. The van der Waals surface area contributed by atoms with Gasteiger partial charge < -0.3 is 5.32 Å². The fourth-order valence-electron chi connectivity index (χ4n) is 2.09. The van der Waals surface area contributed by atoms with Crippen LogP contribution in [0, 0.1) is 0 Å². The summed E-state index contributed by atoms with van der Waals surface area (Å²) in [6.07, 6.45) is 7.43. The predicted molar refractivity (Wildman–Crippen MR) is 73.1 cm³/mol. The molecule has 1 N–H and O–H groups in total. The average Bonchev–Trinajstić information content (AvgIpc) is 2.85. The summed E-state index contributed by atoms with van der Waals surface area (Å²) in [5.41, 5.74) is 0. The normalized spacial score (nSPS) is 16.8. The minimum Gasteiger partial charge on any atom is -0.307 e. The molecular formula is C12H17BrN2S. The molecule has 2 rings (SSSR count). The van der Waals surface area contributed by atoms with Crippen molar-refractivity contribution in [1.29, 1.82) is 0 Å². The van der Waals surface area contributed by atoms with E-state index in [-0.39, 0.29) is 0 Å². The van der Waals surface area contributed by atoms with Crippen molar-refractivity contribution >= 4 is 27.3 Å². The summed E-state index contributed by atoms with van der Waals surface area (Å²) in [7, 11) is 0. The topological polar surface area (TPSA) is 24.9 Å². The minimum atomic E-state index is 0.741. The van der Waals surface area contributed by atoms with Crippen molar-refractivity contribution in [2.75, 3.05) is 6.54 Å². The number of aromatic nitrogens is 1. The molecule has 1 aliphatic rings. The second-order valence-corrected chi connectivity index (χ2v) is 6.54. The quantitative estimate of drug-likeness (QED) is 0.895. The van der Waals surface area contributed by atoms with Gasteiger partial charge in [0.15, 0.2) is 0 Å². The van der Waals surface area contributed by atoms with Crippen LogP contribution in [0.2, 0.25) is 0 Å². The summed E-state index contributed by atoms with van der Waals surface area (Å²) < 4.78 is 0.994. The monoisotopic (exact) mass is 300 g/mol. The van der Waals surface area contributed by atoms with Crippen LogP contribution in [0.25, 0.3) is 0 Å². The molecule has 4 heteroatoms. The summed E-state index contributed by atoms with van der Waals surface area (Å²) >= 11 is 5.20. The molecule has 0 aliphatic heterocycles. The van der Waals surface area contributed by atoms with Crippen molar-refractivity contribution in [3.63, 3.8) is 0 Å². The van der Waals surface area contributed by atoms with Crippen LogP contribution in [0.5, 0.6) is 0 Å². The molecular weight excluding hydrogens is 284 g/mol. The third-order valence-electron chi connectivity index (χ3n) is 2.89. The summed E-state index contributed by atoms with van der Waals surface area (Å²) in [5.74, 6) is 0.741. The molecule has 0 radical (unpaired) electrons. The highest BCUT2D eigenvalue weighted by Crippen LogP contribution is 2.35. The molecule has 0 spiro atoms. The molecule has 16 heavy (non-hydrogen) atoms. The SMILES string of the molecule is C=C(Br)CNCc1cnc(C2CCCC2)s1. The molecule has 88 valence electrons. The lowest BCUT2D eigenvalue weighted by atomic mass is 10.1. The van der Waals surface area contributed by atoms with Crippen LogP contribution in [0.3, 0.4) is 0 Å². The van der Waals surface area contributed by atoms with Crippen LogP contribution in [-0.2, 0) is 6.54 Å². The van der Waals surface area contributed by atoms with Gasteiger partial charge in [0.25, 0.3) is 0 Å². The second-order valence-electron chi connectivity index (χ2n) is 4.27. The maximum absolute atomic E-state index is 4.54. The Morgan fingerprint density at radius 2 is 2.31 bits per heavy atom. The number of halogens is 1. The van der Waals surface area contributed by atoms with Gasteiger partial charge in [-0.05, 0) is 12.8 Å². The Kier molecular flexibility index (Phi) is 4.55. The van der Waals surface area contributed by atoms with E-state index in [1.54, 1.807) is 0 Å². The Hall–Kier alpha value is -0.190. The Morgan fingerprint density at radius 3 is 3.00 bits per heavy atom. The number of rotatable bonds is 5. The van der Waals surface area contributed by atoms with Gasteiger partial charge in [-0.15, -0.1) is 11.3 Å². The summed E-state index contributed by atoms with van der Waals surface area (Å²) in [5, 5.41) is 4.67. The molecule has 0 saturated heterocycles. The summed E-state index contributed by atoms with van der Waals surface area (Å²) in [4.78, 5) is 5.87. The van der Waals surface area contributed by atoms with Crippen molar-refractivity contribution in [2.45, 2.75) is 38.1 Å². The number of hydrogen-bond acceptors (Lipinski definition) is 3. The standard InChI is InChI=1S/C12H17BrN2S/c1-9(13)6-14-7-11-8-15-12(16-11)10-4-2-3-5-10/h8,10,14H,1-7H2. The lowest BCUT2D eigenvalue weighted by Gasteiger charge is -2.02. The minimum absolute atomic E-state index is 0.741. The zero-order chi connectivity index (χ0) is 11.4. The molecule has 0 unspecified atom stereocenters. The Morgan fingerprint density at radius 1 is 1.56 bits per heavy atom. The van der Waals surface area contributed by atoms with E-state index in [4.69, 9.17) is 0 Å². The molecule has 0 bridgehead atoms. The average molecular weight is 301 g/mol. The first-order chi connectivity index (χ1) is 7.75.